The molecule has 0 saturated carbocycles. The van der Waals surface area contributed by atoms with Crippen LogP contribution in [0.3, 0.4) is 0 Å². The molecule has 1 aromatic carbocycles. The molecule has 2 atom stereocenters. The van der Waals surface area contributed by atoms with E-state index in [1.165, 1.54) is 0 Å². The Morgan fingerprint density at radius 1 is 1.21 bits per heavy atom. The number of hydrogen-bond acceptors (Lipinski definition) is 3. The van der Waals surface area contributed by atoms with Gasteiger partial charge in [0.25, 0.3) is 0 Å². The van der Waals surface area contributed by atoms with Gasteiger partial charge in [-0.25, -0.2) is 0 Å². The Morgan fingerprint density at radius 3 is 3.00 bits per heavy atom. The molecule has 0 radical (unpaired) electrons. The third-order valence-electron chi connectivity index (χ3n) is 4.03. The van der Waals surface area contributed by atoms with Crippen molar-refractivity contribution in [1.29, 1.82) is 0 Å². The maximum atomic E-state index is 11.4. The van der Waals surface area contributed by atoms with Crippen molar-refractivity contribution in [3.05, 3.63) is 47.7 Å². The second-order valence-corrected chi connectivity index (χ2v) is 5.31. The number of furan rings is 1. The van der Waals surface area contributed by atoms with E-state index in [4.69, 9.17) is 9.15 Å². The SMILES string of the molecule is O=C1C=C2COC(c3cc4ccccc4o3)CC2C1. The predicted molar refractivity (Wildman–Crippen MR) is 70.7 cm³/mol. The summed E-state index contributed by atoms with van der Waals surface area (Å²) in [7, 11) is 0. The van der Waals surface area contributed by atoms with E-state index in [-0.39, 0.29) is 11.9 Å². The van der Waals surface area contributed by atoms with Crippen LogP contribution in [0.4, 0.5) is 0 Å². The molecule has 0 spiro atoms. The summed E-state index contributed by atoms with van der Waals surface area (Å²) in [5.41, 5.74) is 2.04. The number of carbonyl (C=O) groups excluding carboxylic acids is 1. The molecular weight excluding hydrogens is 240 g/mol. The Labute approximate surface area is 110 Å². The zero-order valence-electron chi connectivity index (χ0n) is 10.5. The summed E-state index contributed by atoms with van der Waals surface area (Å²) in [6.07, 6.45) is 3.20. The molecule has 2 unspecified atom stereocenters. The lowest BCUT2D eigenvalue weighted by molar-refractivity contribution is -0.114. The van der Waals surface area contributed by atoms with Gasteiger partial charge in [-0.2, -0.15) is 0 Å². The standard InChI is InChI=1S/C16H14O3/c17-13-5-11-8-15(18-9-12(11)6-13)16-7-10-3-1-2-4-14(10)19-16/h1-4,6-7,11,15H,5,8-9H2. The van der Waals surface area contributed by atoms with Crippen molar-refractivity contribution < 1.29 is 13.9 Å². The Balaban J connectivity index is 1.63. The van der Waals surface area contributed by atoms with Gasteiger partial charge in [0.05, 0.1) is 6.61 Å². The zero-order valence-corrected chi connectivity index (χ0v) is 10.5. The van der Waals surface area contributed by atoms with Crippen molar-refractivity contribution >= 4 is 16.8 Å². The summed E-state index contributed by atoms with van der Waals surface area (Å²) in [4.78, 5) is 11.4. The molecule has 0 N–H and O–H groups in total. The van der Waals surface area contributed by atoms with E-state index in [1.807, 2.05) is 30.3 Å². The number of hydrogen-bond donors (Lipinski definition) is 0. The van der Waals surface area contributed by atoms with Gasteiger partial charge >= 0.3 is 0 Å². The molecule has 96 valence electrons. The largest absolute Gasteiger partial charge is 0.458 e. The minimum Gasteiger partial charge on any atom is -0.458 e. The quantitative estimate of drug-likeness (QED) is 0.782. The monoisotopic (exact) mass is 254 g/mol. The van der Waals surface area contributed by atoms with E-state index >= 15 is 0 Å². The number of carbonyl (C=O) groups is 1. The Morgan fingerprint density at radius 2 is 2.11 bits per heavy atom. The average molecular weight is 254 g/mol. The molecule has 19 heavy (non-hydrogen) atoms. The molecule has 4 rings (SSSR count). The van der Waals surface area contributed by atoms with Crippen LogP contribution >= 0.6 is 0 Å². The fourth-order valence-electron chi connectivity index (χ4n) is 3.03. The summed E-state index contributed by atoms with van der Waals surface area (Å²) < 4.78 is 11.7. The predicted octanol–water partition coefficient (Wildman–Crippen LogP) is 3.41. The molecule has 1 saturated heterocycles. The first kappa shape index (κ1) is 11.0. The molecular formula is C16H14O3. The maximum Gasteiger partial charge on any atom is 0.156 e. The smallest absolute Gasteiger partial charge is 0.156 e. The van der Waals surface area contributed by atoms with Crippen LogP contribution in [-0.2, 0) is 9.53 Å². The van der Waals surface area contributed by atoms with Crippen molar-refractivity contribution in [2.75, 3.05) is 6.61 Å². The normalized spacial score (nSPS) is 26.5. The van der Waals surface area contributed by atoms with Crippen LogP contribution in [0.5, 0.6) is 0 Å². The van der Waals surface area contributed by atoms with Crippen LogP contribution in [0.25, 0.3) is 11.0 Å². The highest BCUT2D eigenvalue weighted by molar-refractivity contribution is 5.93. The first-order chi connectivity index (χ1) is 9.29. The Bertz CT molecular complexity index is 647. The number of ether oxygens (including phenoxy) is 1. The Hall–Kier alpha value is -1.87. The van der Waals surface area contributed by atoms with E-state index in [0.717, 1.165) is 28.7 Å². The summed E-state index contributed by atoms with van der Waals surface area (Å²) in [5.74, 6) is 1.45. The van der Waals surface area contributed by atoms with E-state index in [9.17, 15) is 4.79 Å². The highest BCUT2D eigenvalue weighted by Crippen LogP contribution is 2.40. The third-order valence-corrected chi connectivity index (χ3v) is 4.03. The molecule has 2 aromatic rings. The Kier molecular flexibility index (Phi) is 2.35. The average Bonchev–Trinajstić information content (AvgIpc) is 2.99. The highest BCUT2D eigenvalue weighted by Gasteiger charge is 2.34. The van der Waals surface area contributed by atoms with Gasteiger partial charge in [-0.1, -0.05) is 18.2 Å². The molecule has 3 nitrogen and oxygen atoms in total. The number of ketones is 1. The summed E-state index contributed by atoms with van der Waals surface area (Å²) in [6, 6.07) is 10.0. The van der Waals surface area contributed by atoms with Gasteiger partial charge in [-0.3, -0.25) is 4.79 Å². The molecule has 1 aliphatic heterocycles. The maximum absolute atomic E-state index is 11.4. The van der Waals surface area contributed by atoms with E-state index in [1.54, 1.807) is 6.08 Å². The molecule has 1 aromatic heterocycles. The van der Waals surface area contributed by atoms with E-state index < -0.39 is 0 Å². The van der Waals surface area contributed by atoms with Crippen molar-refractivity contribution in [1.82, 2.24) is 0 Å². The zero-order chi connectivity index (χ0) is 12.8. The fourth-order valence-corrected chi connectivity index (χ4v) is 3.03. The topological polar surface area (TPSA) is 39.4 Å². The first-order valence-corrected chi connectivity index (χ1v) is 6.63. The molecule has 3 heteroatoms. The van der Waals surface area contributed by atoms with Crippen LogP contribution in [0.1, 0.15) is 24.7 Å². The second kappa shape index (κ2) is 4.07. The number of benzene rings is 1. The number of rotatable bonds is 1. The van der Waals surface area contributed by atoms with Gasteiger partial charge in [0.1, 0.15) is 17.4 Å². The van der Waals surface area contributed by atoms with Gasteiger partial charge in [-0.15, -0.1) is 0 Å². The van der Waals surface area contributed by atoms with E-state index in [0.29, 0.717) is 18.9 Å². The number of allylic oxidation sites excluding steroid dienone is 1. The van der Waals surface area contributed by atoms with Gasteiger partial charge < -0.3 is 9.15 Å². The van der Waals surface area contributed by atoms with Crippen LogP contribution < -0.4 is 0 Å². The van der Waals surface area contributed by atoms with Crippen molar-refractivity contribution in [3.63, 3.8) is 0 Å². The number of para-hydroxylation sites is 1. The lowest BCUT2D eigenvalue weighted by Gasteiger charge is -2.27. The van der Waals surface area contributed by atoms with Gasteiger partial charge in [0.15, 0.2) is 5.78 Å². The molecule has 2 aliphatic rings. The molecule has 2 heterocycles. The minimum absolute atomic E-state index is 0.0274. The van der Waals surface area contributed by atoms with Gasteiger partial charge in [0, 0.05) is 11.8 Å². The minimum atomic E-state index is -0.0274. The van der Waals surface area contributed by atoms with Crippen molar-refractivity contribution in [2.45, 2.75) is 18.9 Å². The summed E-state index contributed by atoms with van der Waals surface area (Å²) in [6.45, 7) is 0.554. The molecule has 1 fully saturated rings. The van der Waals surface area contributed by atoms with Crippen LogP contribution in [-0.4, -0.2) is 12.4 Å². The van der Waals surface area contributed by atoms with E-state index in [2.05, 4.69) is 0 Å². The van der Waals surface area contributed by atoms with Crippen molar-refractivity contribution in [2.24, 2.45) is 5.92 Å². The lowest BCUT2D eigenvalue weighted by atomic mass is 9.91. The van der Waals surface area contributed by atoms with Crippen LogP contribution in [0, 0.1) is 5.92 Å². The highest BCUT2D eigenvalue weighted by atomic mass is 16.5. The van der Waals surface area contributed by atoms with Gasteiger partial charge in [-0.05, 0) is 36.1 Å². The van der Waals surface area contributed by atoms with Crippen LogP contribution in [0.2, 0.25) is 0 Å². The molecule has 0 amide bonds. The second-order valence-electron chi connectivity index (χ2n) is 5.31. The lowest BCUT2D eigenvalue weighted by Crippen LogP contribution is -2.20. The summed E-state index contributed by atoms with van der Waals surface area (Å²) >= 11 is 0. The molecule has 0 bridgehead atoms. The molecule has 1 aliphatic carbocycles. The fraction of sp³-hybridized carbons (Fsp3) is 0.312. The van der Waals surface area contributed by atoms with Crippen LogP contribution in [0.15, 0.2) is 46.4 Å². The van der Waals surface area contributed by atoms with Crippen molar-refractivity contribution in [3.8, 4) is 0 Å². The third kappa shape index (κ3) is 1.81. The summed E-state index contributed by atoms with van der Waals surface area (Å²) in [5, 5.41) is 1.10. The van der Waals surface area contributed by atoms with Gasteiger partial charge in [0.2, 0.25) is 0 Å². The number of fused-ring (bicyclic) bond motifs is 2. The first-order valence-electron chi connectivity index (χ1n) is 6.63.